The topological polar surface area (TPSA) is 106 Å². The minimum absolute atomic E-state index is 0.0290. The van der Waals surface area contributed by atoms with Gasteiger partial charge in [0, 0.05) is 33.2 Å². The molecular formula is C24H23N7O3S. The number of aryl methyl sites for hydroxylation is 2. The molecule has 0 saturated carbocycles. The maximum atomic E-state index is 13.7. The number of nitrogens with zero attached hydrogens (tertiary/aromatic N) is 7. The highest BCUT2D eigenvalue weighted by atomic mass is 32.1. The zero-order chi connectivity index (χ0) is 23.9. The number of piperazine rings is 1. The lowest BCUT2D eigenvalue weighted by Crippen LogP contribution is -2.48. The van der Waals surface area contributed by atoms with Gasteiger partial charge in [-0.3, -0.25) is 14.4 Å². The minimum atomic E-state index is -0.0290. The number of fused-ring (bicyclic) bond motifs is 1. The van der Waals surface area contributed by atoms with Gasteiger partial charge in [0.2, 0.25) is 11.7 Å². The predicted octanol–water partition coefficient (Wildman–Crippen LogP) is 3.61. The number of amides is 1. The summed E-state index contributed by atoms with van der Waals surface area (Å²) in [5.41, 5.74) is 2.65. The molecule has 1 aliphatic heterocycles. The van der Waals surface area contributed by atoms with Crippen molar-refractivity contribution in [3.8, 4) is 22.2 Å². The highest BCUT2D eigenvalue weighted by Gasteiger charge is 2.27. The number of furan rings is 1. The second kappa shape index (κ2) is 8.75. The molecule has 11 heteroatoms. The van der Waals surface area contributed by atoms with Crippen LogP contribution in [0, 0.1) is 6.92 Å². The summed E-state index contributed by atoms with van der Waals surface area (Å²) in [6, 6.07) is 9.40. The molecule has 6 heterocycles. The van der Waals surface area contributed by atoms with Gasteiger partial charge in [0.05, 0.1) is 34.3 Å². The van der Waals surface area contributed by atoms with Gasteiger partial charge in [-0.1, -0.05) is 11.2 Å². The van der Waals surface area contributed by atoms with E-state index in [-0.39, 0.29) is 5.91 Å². The van der Waals surface area contributed by atoms with E-state index in [1.165, 1.54) is 0 Å². The van der Waals surface area contributed by atoms with Crippen molar-refractivity contribution in [2.24, 2.45) is 7.05 Å². The monoisotopic (exact) mass is 489 g/mol. The van der Waals surface area contributed by atoms with Gasteiger partial charge in [-0.25, -0.2) is 4.98 Å². The zero-order valence-corrected chi connectivity index (χ0v) is 20.2. The van der Waals surface area contributed by atoms with Crippen molar-refractivity contribution < 1.29 is 13.7 Å². The van der Waals surface area contributed by atoms with E-state index in [1.807, 2.05) is 54.6 Å². The molecule has 0 bridgehead atoms. The molecule has 6 rings (SSSR count). The molecule has 0 aliphatic carbocycles. The third-order valence-electron chi connectivity index (χ3n) is 6.20. The number of carbonyl (C=O) groups is 1. The van der Waals surface area contributed by atoms with E-state index in [2.05, 4.69) is 20.1 Å². The normalized spacial score (nSPS) is 14.7. The van der Waals surface area contributed by atoms with Crippen LogP contribution in [0.4, 0.5) is 0 Å². The van der Waals surface area contributed by atoms with Crippen molar-refractivity contribution in [1.29, 1.82) is 0 Å². The van der Waals surface area contributed by atoms with Crippen LogP contribution in [0.15, 0.2) is 50.9 Å². The Hall–Kier alpha value is -3.83. The number of pyridine rings is 1. The van der Waals surface area contributed by atoms with Crippen LogP contribution >= 0.6 is 11.3 Å². The standard InChI is InChI=1S/C24H23N7O3S/c1-15-21-16(13-17(18-5-3-11-33-18)25-23(21)29(2)27-15)24(32)31-9-7-30(8-10-31)14-20-26-22(28-34-20)19-6-4-12-35-19/h3-6,11-13H,7-10,14H2,1-2H3. The summed E-state index contributed by atoms with van der Waals surface area (Å²) < 4.78 is 12.7. The van der Waals surface area contributed by atoms with Crippen LogP contribution in [0.3, 0.4) is 0 Å². The Balaban J connectivity index is 1.19. The number of aromatic nitrogens is 5. The number of carbonyl (C=O) groups excluding carboxylic acids is 1. The second-order valence-corrected chi connectivity index (χ2v) is 9.45. The van der Waals surface area contributed by atoms with Crippen LogP contribution in [-0.2, 0) is 13.6 Å². The van der Waals surface area contributed by atoms with Crippen LogP contribution in [0.25, 0.3) is 33.2 Å². The smallest absolute Gasteiger partial charge is 0.254 e. The van der Waals surface area contributed by atoms with Crippen molar-refractivity contribution in [3.63, 3.8) is 0 Å². The van der Waals surface area contributed by atoms with E-state index in [4.69, 9.17) is 13.9 Å². The molecule has 1 fully saturated rings. The van der Waals surface area contributed by atoms with Gasteiger partial charge < -0.3 is 13.8 Å². The maximum Gasteiger partial charge on any atom is 0.254 e. The largest absolute Gasteiger partial charge is 0.463 e. The van der Waals surface area contributed by atoms with Crippen molar-refractivity contribution >= 4 is 28.3 Å². The van der Waals surface area contributed by atoms with Gasteiger partial charge in [0.15, 0.2) is 11.4 Å². The first-order chi connectivity index (χ1) is 17.1. The molecule has 1 aliphatic rings. The highest BCUT2D eigenvalue weighted by Crippen LogP contribution is 2.28. The Morgan fingerprint density at radius 2 is 2.00 bits per heavy atom. The average molecular weight is 490 g/mol. The van der Waals surface area contributed by atoms with Crippen LogP contribution in [0.5, 0.6) is 0 Å². The quantitative estimate of drug-likeness (QED) is 0.369. The van der Waals surface area contributed by atoms with Gasteiger partial charge in [0.1, 0.15) is 5.69 Å². The molecule has 0 N–H and O–H groups in total. The Morgan fingerprint density at radius 3 is 2.74 bits per heavy atom. The molecule has 0 unspecified atom stereocenters. The third kappa shape index (κ3) is 4.02. The lowest BCUT2D eigenvalue weighted by atomic mass is 10.1. The fraction of sp³-hybridized carbons (Fsp3) is 0.292. The summed E-state index contributed by atoms with van der Waals surface area (Å²) in [5.74, 6) is 1.78. The fourth-order valence-corrected chi connectivity index (χ4v) is 5.11. The average Bonchev–Trinajstić information content (AvgIpc) is 3.67. The van der Waals surface area contributed by atoms with Gasteiger partial charge >= 0.3 is 0 Å². The lowest BCUT2D eigenvalue weighted by Gasteiger charge is -2.34. The molecule has 10 nitrogen and oxygen atoms in total. The molecule has 0 aromatic carbocycles. The summed E-state index contributed by atoms with van der Waals surface area (Å²) >= 11 is 1.58. The van der Waals surface area contributed by atoms with Gasteiger partial charge in [-0.05, 0) is 36.6 Å². The number of hydrogen-bond acceptors (Lipinski definition) is 9. The Labute approximate surface area is 204 Å². The van der Waals surface area contributed by atoms with E-state index < -0.39 is 0 Å². The van der Waals surface area contributed by atoms with Crippen LogP contribution in [0.1, 0.15) is 21.9 Å². The Kier molecular flexibility index (Phi) is 5.42. The maximum absolute atomic E-state index is 13.7. The Bertz CT molecular complexity index is 1480. The molecule has 1 amide bonds. The minimum Gasteiger partial charge on any atom is -0.463 e. The summed E-state index contributed by atoms with van der Waals surface area (Å²) in [4.78, 5) is 28.0. The van der Waals surface area contributed by atoms with Crippen LogP contribution in [-0.4, -0.2) is 66.8 Å². The van der Waals surface area contributed by atoms with Crippen LogP contribution in [0.2, 0.25) is 0 Å². The van der Waals surface area contributed by atoms with Crippen molar-refractivity contribution in [1.82, 2.24) is 34.7 Å². The van der Waals surface area contributed by atoms with E-state index in [0.717, 1.165) is 16.0 Å². The van der Waals surface area contributed by atoms with Crippen molar-refractivity contribution in [2.75, 3.05) is 26.2 Å². The first-order valence-electron chi connectivity index (χ1n) is 11.3. The predicted molar refractivity (Wildman–Crippen MR) is 130 cm³/mol. The Morgan fingerprint density at radius 1 is 1.14 bits per heavy atom. The van der Waals surface area contributed by atoms with Crippen LogP contribution < -0.4 is 0 Å². The SMILES string of the molecule is Cc1nn(C)c2nc(-c3ccco3)cc(C(=O)N3CCN(Cc4nc(-c5cccs5)no4)CC3)c12. The first kappa shape index (κ1) is 21.7. The lowest BCUT2D eigenvalue weighted by molar-refractivity contribution is 0.0617. The fourth-order valence-electron chi connectivity index (χ4n) is 4.46. The van der Waals surface area contributed by atoms with Crippen molar-refractivity contribution in [3.05, 3.63) is 59.1 Å². The number of hydrogen-bond donors (Lipinski definition) is 0. The third-order valence-corrected chi connectivity index (χ3v) is 7.07. The molecule has 5 aromatic heterocycles. The molecule has 178 valence electrons. The highest BCUT2D eigenvalue weighted by molar-refractivity contribution is 7.13. The summed E-state index contributed by atoms with van der Waals surface area (Å²) in [7, 11) is 1.84. The van der Waals surface area contributed by atoms with E-state index >= 15 is 0 Å². The van der Waals surface area contributed by atoms with Gasteiger partial charge in [-0.2, -0.15) is 10.1 Å². The zero-order valence-electron chi connectivity index (χ0n) is 19.3. The number of thiophene rings is 1. The first-order valence-corrected chi connectivity index (χ1v) is 12.2. The van der Waals surface area contributed by atoms with Gasteiger partial charge in [-0.15, -0.1) is 11.3 Å². The van der Waals surface area contributed by atoms with E-state index in [9.17, 15) is 4.79 Å². The summed E-state index contributed by atoms with van der Waals surface area (Å²) in [5, 5.41) is 11.4. The molecular weight excluding hydrogens is 466 g/mol. The summed E-state index contributed by atoms with van der Waals surface area (Å²) in [6.45, 7) is 5.10. The second-order valence-electron chi connectivity index (χ2n) is 8.50. The molecule has 35 heavy (non-hydrogen) atoms. The van der Waals surface area contributed by atoms with E-state index in [0.29, 0.717) is 67.1 Å². The van der Waals surface area contributed by atoms with Crippen molar-refractivity contribution in [2.45, 2.75) is 13.5 Å². The molecule has 0 atom stereocenters. The van der Waals surface area contributed by atoms with Gasteiger partial charge in [0.25, 0.3) is 5.91 Å². The molecule has 0 spiro atoms. The van der Waals surface area contributed by atoms with E-state index in [1.54, 1.807) is 22.3 Å². The summed E-state index contributed by atoms with van der Waals surface area (Å²) in [6.07, 6.45) is 1.60. The number of rotatable bonds is 5. The molecule has 1 saturated heterocycles. The molecule has 0 radical (unpaired) electrons. The molecule has 5 aromatic rings.